The van der Waals surface area contributed by atoms with Crippen LogP contribution in [0.4, 0.5) is 19.0 Å². The molecule has 1 aromatic carbocycles. The van der Waals surface area contributed by atoms with Crippen LogP contribution in [0.1, 0.15) is 34.7 Å². The van der Waals surface area contributed by atoms with Crippen LogP contribution in [-0.4, -0.2) is 64.1 Å². The maximum atomic E-state index is 12.8. The van der Waals surface area contributed by atoms with Crippen LogP contribution in [0.3, 0.4) is 0 Å². The fraction of sp³-hybridized carbons (Fsp3) is 0.462. The molecule has 2 aliphatic rings. The van der Waals surface area contributed by atoms with Gasteiger partial charge in [-0.1, -0.05) is 18.2 Å². The summed E-state index contributed by atoms with van der Waals surface area (Å²) >= 11 is 1.60. The Hall–Kier alpha value is -2.53. The first kappa shape index (κ1) is 25.1. The predicted molar refractivity (Wildman–Crippen MR) is 134 cm³/mol. The Bertz CT molecular complexity index is 1120. The fourth-order valence-corrected chi connectivity index (χ4v) is 5.79. The Morgan fingerprint density at radius 2 is 1.58 bits per heavy atom. The largest absolute Gasteiger partial charge is 0.416 e. The van der Waals surface area contributed by atoms with Crippen molar-refractivity contribution in [3.8, 4) is 0 Å². The zero-order valence-corrected chi connectivity index (χ0v) is 20.8. The number of benzene rings is 1. The number of halogens is 3. The molecule has 2 aromatic heterocycles. The molecule has 0 saturated carbocycles. The van der Waals surface area contributed by atoms with E-state index in [0.717, 1.165) is 66.9 Å². The number of aromatic nitrogens is 2. The number of nitrogens with zero attached hydrogens (tertiary/aromatic N) is 5. The summed E-state index contributed by atoms with van der Waals surface area (Å²) < 4.78 is 38.4. The third kappa shape index (κ3) is 5.88. The molecule has 6 nitrogen and oxygen atoms in total. The molecule has 192 valence electrons. The fourth-order valence-electron chi connectivity index (χ4n) is 4.86. The second-order valence-electron chi connectivity index (χ2n) is 9.58. The van der Waals surface area contributed by atoms with E-state index in [9.17, 15) is 18.3 Å². The third-order valence-electron chi connectivity index (χ3n) is 7.10. The van der Waals surface area contributed by atoms with Gasteiger partial charge in [-0.15, -0.1) is 11.3 Å². The summed E-state index contributed by atoms with van der Waals surface area (Å²) in [7, 11) is 0. The number of hydrogen-bond donors (Lipinski definition) is 1. The van der Waals surface area contributed by atoms with E-state index in [2.05, 4.69) is 19.7 Å². The highest BCUT2D eigenvalue weighted by atomic mass is 32.1. The number of aliphatic hydroxyl groups is 1. The molecular weight excluding hydrogens is 487 g/mol. The number of anilines is 1. The number of thiazole rings is 1. The van der Waals surface area contributed by atoms with E-state index in [1.165, 1.54) is 12.1 Å². The van der Waals surface area contributed by atoms with Gasteiger partial charge in [0.1, 0.15) is 16.4 Å². The van der Waals surface area contributed by atoms with Gasteiger partial charge in [-0.05, 0) is 42.7 Å². The van der Waals surface area contributed by atoms with Crippen LogP contribution in [0.25, 0.3) is 0 Å². The van der Waals surface area contributed by atoms with Gasteiger partial charge < -0.3 is 10.0 Å². The van der Waals surface area contributed by atoms with E-state index in [1.807, 2.05) is 29.8 Å². The minimum absolute atomic E-state index is 0.555. The summed E-state index contributed by atoms with van der Waals surface area (Å²) in [5.41, 5.74) is -0.00620. The summed E-state index contributed by atoms with van der Waals surface area (Å²) in [4.78, 5) is 16.1. The van der Waals surface area contributed by atoms with Crippen molar-refractivity contribution in [2.75, 3.05) is 44.2 Å². The van der Waals surface area contributed by atoms with Gasteiger partial charge in [0.15, 0.2) is 0 Å². The maximum absolute atomic E-state index is 12.8. The van der Waals surface area contributed by atoms with Gasteiger partial charge in [0.05, 0.1) is 17.8 Å². The van der Waals surface area contributed by atoms with E-state index in [4.69, 9.17) is 4.98 Å². The Labute approximate surface area is 213 Å². The van der Waals surface area contributed by atoms with Crippen molar-refractivity contribution in [2.45, 2.75) is 37.7 Å². The standard InChI is InChI=1S/C26H30F3N5OS/c27-26(28,29)21-6-4-20(5-7-21)17-32-11-8-25(35,9-12-32)22-19-36-24(31-22)18-33-13-15-34(16-14-33)23-3-1-2-10-30-23/h1-7,10,19,35H,8-9,11-18H2. The van der Waals surface area contributed by atoms with Crippen LogP contribution in [0, 0.1) is 0 Å². The Morgan fingerprint density at radius 3 is 2.22 bits per heavy atom. The van der Waals surface area contributed by atoms with Crippen LogP contribution in [-0.2, 0) is 24.9 Å². The van der Waals surface area contributed by atoms with Crippen molar-refractivity contribution in [1.82, 2.24) is 19.8 Å². The molecule has 2 fully saturated rings. The van der Waals surface area contributed by atoms with E-state index in [0.29, 0.717) is 32.5 Å². The van der Waals surface area contributed by atoms with Crippen LogP contribution in [0.2, 0.25) is 0 Å². The van der Waals surface area contributed by atoms with E-state index >= 15 is 0 Å². The van der Waals surface area contributed by atoms with Crippen molar-refractivity contribution in [2.24, 2.45) is 0 Å². The number of likely N-dealkylation sites (tertiary alicyclic amines) is 1. The van der Waals surface area contributed by atoms with Gasteiger partial charge in [-0.2, -0.15) is 13.2 Å². The van der Waals surface area contributed by atoms with Crippen LogP contribution in [0.15, 0.2) is 54.0 Å². The predicted octanol–water partition coefficient (Wildman–Crippen LogP) is 4.36. The summed E-state index contributed by atoms with van der Waals surface area (Å²) in [6.45, 7) is 6.41. The van der Waals surface area contributed by atoms with Gasteiger partial charge in [-0.3, -0.25) is 9.80 Å². The van der Waals surface area contributed by atoms with Crippen molar-refractivity contribution in [1.29, 1.82) is 0 Å². The highest BCUT2D eigenvalue weighted by Crippen LogP contribution is 2.34. The molecule has 1 N–H and O–H groups in total. The Balaban J connectivity index is 1.11. The first-order valence-corrected chi connectivity index (χ1v) is 13.1. The lowest BCUT2D eigenvalue weighted by Gasteiger charge is -2.37. The minimum Gasteiger partial charge on any atom is -0.383 e. The average Bonchev–Trinajstić information content (AvgIpc) is 3.36. The highest BCUT2D eigenvalue weighted by Gasteiger charge is 2.36. The number of rotatable bonds is 6. The molecule has 0 spiro atoms. The van der Waals surface area contributed by atoms with E-state index in [-0.39, 0.29) is 0 Å². The summed E-state index contributed by atoms with van der Waals surface area (Å²) in [6.07, 6.45) is -1.39. The van der Waals surface area contributed by atoms with Crippen molar-refractivity contribution >= 4 is 17.2 Å². The molecule has 0 amide bonds. The summed E-state index contributed by atoms with van der Waals surface area (Å²) in [5.74, 6) is 1.01. The first-order chi connectivity index (χ1) is 17.3. The van der Waals surface area contributed by atoms with Crippen molar-refractivity contribution in [3.63, 3.8) is 0 Å². The third-order valence-corrected chi connectivity index (χ3v) is 7.94. The van der Waals surface area contributed by atoms with Gasteiger partial charge in [0, 0.05) is 57.4 Å². The van der Waals surface area contributed by atoms with Crippen LogP contribution in [0.5, 0.6) is 0 Å². The monoisotopic (exact) mass is 517 g/mol. The maximum Gasteiger partial charge on any atom is 0.416 e. The van der Waals surface area contributed by atoms with Crippen LogP contribution >= 0.6 is 11.3 Å². The molecule has 0 bridgehead atoms. The Morgan fingerprint density at radius 1 is 0.889 bits per heavy atom. The van der Waals surface area contributed by atoms with Gasteiger partial charge >= 0.3 is 6.18 Å². The second-order valence-corrected chi connectivity index (χ2v) is 10.5. The van der Waals surface area contributed by atoms with Crippen molar-refractivity contribution in [3.05, 3.63) is 75.9 Å². The van der Waals surface area contributed by atoms with Crippen molar-refractivity contribution < 1.29 is 18.3 Å². The SMILES string of the molecule is OC1(c2csc(CN3CCN(c4ccccn4)CC3)n2)CCN(Cc2ccc(C(F)(F)F)cc2)CC1. The zero-order chi connectivity index (χ0) is 25.2. The lowest BCUT2D eigenvalue weighted by molar-refractivity contribution is -0.137. The quantitative estimate of drug-likeness (QED) is 0.525. The first-order valence-electron chi connectivity index (χ1n) is 12.2. The number of alkyl halides is 3. The zero-order valence-electron chi connectivity index (χ0n) is 20.0. The normalized spacial score (nSPS) is 19.5. The number of hydrogen-bond acceptors (Lipinski definition) is 7. The van der Waals surface area contributed by atoms with Gasteiger partial charge in [-0.25, -0.2) is 9.97 Å². The minimum atomic E-state index is -4.32. The summed E-state index contributed by atoms with van der Waals surface area (Å²) in [6, 6.07) is 11.3. The second kappa shape index (κ2) is 10.5. The molecule has 5 rings (SSSR count). The molecule has 0 aliphatic carbocycles. The lowest BCUT2D eigenvalue weighted by Crippen LogP contribution is -2.46. The number of piperidine rings is 1. The molecule has 2 saturated heterocycles. The van der Waals surface area contributed by atoms with Gasteiger partial charge in [0.25, 0.3) is 0 Å². The van der Waals surface area contributed by atoms with E-state index < -0.39 is 17.3 Å². The molecule has 0 unspecified atom stereocenters. The molecule has 0 atom stereocenters. The Kier molecular flexibility index (Phi) is 7.30. The molecule has 10 heteroatoms. The molecule has 3 aromatic rings. The molecule has 2 aliphatic heterocycles. The number of pyridine rings is 1. The summed E-state index contributed by atoms with van der Waals surface area (Å²) in [5, 5.41) is 14.3. The van der Waals surface area contributed by atoms with E-state index in [1.54, 1.807) is 11.3 Å². The highest BCUT2D eigenvalue weighted by molar-refractivity contribution is 7.09. The smallest absolute Gasteiger partial charge is 0.383 e. The molecule has 4 heterocycles. The molecular formula is C26H30F3N5OS. The topological polar surface area (TPSA) is 55.7 Å². The molecule has 0 radical (unpaired) electrons. The average molecular weight is 518 g/mol. The number of piperazine rings is 1. The molecule has 36 heavy (non-hydrogen) atoms. The van der Waals surface area contributed by atoms with Crippen LogP contribution < -0.4 is 4.90 Å². The van der Waals surface area contributed by atoms with Gasteiger partial charge in [0.2, 0.25) is 0 Å². The lowest BCUT2D eigenvalue weighted by atomic mass is 9.88.